The van der Waals surface area contributed by atoms with Gasteiger partial charge in [-0.2, -0.15) is 0 Å². The molecule has 1 aromatic rings. The lowest BCUT2D eigenvalue weighted by molar-refractivity contribution is -0.131. The van der Waals surface area contributed by atoms with Crippen molar-refractivity contribution in [3.8, 4) is 0 Å². The average Bonchev–Trinajstić information content (AvgIpc) is 2.40. The molecule has 0 bridgehead atoms. The molecule has 0 spiro atoms. The number of aliphatic carboxylic acids is 1. The molecule has 0 aliphatic heterocycles. The third-order valence-corrected chi connectivity index (χ3v) is 3.03. The van der Waals surface area contributed by atoms with E-state index < -0.39 is 11.9 Å². The lowest BCUT2D eigenvalue weighted by Gasteiger charge is -2.27. The van der Waals surface area contributed by atoms with Crippen LogP contribution in [0.4, 0.5) is 0 Å². The largest absolute Gasteiger partial charge is 0.478 e. The Hall–Kier alpha value is -2.36. The maximum absolute atomic E-state index is 11.4. The first-order valence-electron chi connectivity index (χ1n) is 6.11. The number of allylic oxidation sites excluding steroid dienone is 2. The van der Waals surface area contributed by atoms with E-state index in [1.54, 1.807) is 0 Å². The van der Waals surface area contributed by atoms with Crippen molar-refractivity contribution in [1.29, 1.82) is 0 Å². The Kier molecular flexibility index (Phi) is 4.13. The Morgan fingerprint density at radius 2 is 2.00 bits per heavy atom. The van der Waals surface area contributed by atoms with E-state index >= 15 is 0 Å². The maximum Gasteiger partial charge on any atom is 0.328 e. The first kappa shape index (κ1) is 13.1. The minimum atomic E-state index is -1.13. The van der Waals surface area contributed by atoms with Crippen LogP contribution in [0.25, 0.3) is 0 Å². The predicted molar refractivity (Wildman–Crippen MR) is 71.3 cm³/mol. The van der Waals surface area contributed by atoms with E-state index in [0.29, 0.717) is 5.92 Å². The zero-order valence-electron chi connectivity index (χ0n) is 10.4. The molecule has 1 unspecified atom stereocenters. The smallest absolute Gasteiger partial charge is 0.328 e. The molecule has 1 amide bonds. The van der Waals surface area contributed by atoms with Gasteiger partial charge in [-0.15, -0.1) is 0 Å². The summed E-state index contributed by atoms with van der Waals surface area (Å²) in [5.41, 5.74) is 2.11. The lowest BCUT2D eigenvalue weighted by atomic mass is 9.85. The summed E-state index contributed by atoms with van der Waals surface area (Å²) in [6.07, 6.45) is 5.64. The Labute approximate surface area is 111 Å². The van der Waals surface area contributed by atoms with Crippen molar-refractivity contribution in [3.63, 3.8) is 0 Å². The van der Waals surface area contributed by atoms with Gasteiger partial charge in [0.05, 0.1) is 0 Å². The van der Waals surface area contributed by atoms with E-state index in [9.17, 15) is 9.59 Å². The highest BCUT2D eigenvalue weighted by Crippen LogP contribution is 2.28. The van der Waals surface area contributed by atoms with E-state index in [1.165, 1.54) is 5.56 Å². The van der Waals surface area contributed by atoms with Crippen LogP contribution in [-0.2, 0) is 16.0 Å². The van der Waals surface area contributed by atoms with Crippen molar-refractivity contribution in [2.45, 2.75) is 12.8 Å². The number of carboxylic acids is 1. The van der Waals surface area contributed by atoms with Crippen LogP contribution in [-0.4, -0.2) is 17.0 Å². The van der Waals surface area contributed by atoms with Gasteiger partial charge in [0, 0.05) is 23.8 Å². The fraction of sp³-hybridized carbons (Fsp3) is 0.200. The molecular weight excluding hydrogens is 242 g/mol. The van der Waals surface area contributed by atoms with Crippen LogP contribution in [0.1, 0.15) is 12.0 Å². The summed E-state index contributed by atoms with van der Waals surface area (Å²) in [6, 6.07) is 10.1. The summed E-state index contributed by atoms with van der Waals surface area (Å²) in [5, 5.41) is 11.1. The minimum absolute atomic E-state index is 0.310. The van der Waals surface area contributed by atoms with Crippen LogP contribution in [0.3, 0.4) is 0 Å². The first-order valence-corrected chi connectivity index (χ1v) is 6.11. The Bertz CT molecular complexity index is 532. The second kappa shape index (κ2) is 6.00. The molecule has 19 heavy (non-hydrogen) atoms. The molecule has 4 nitrogen and oxygen atoms in total. The van der Waals surface area contributed by atoms with Crippen LogP contribution < -0.4 is 5.32 Å². The quantitative estimate of drug-likeness (QED) is 0.792. The molecule has 2 N–H and O–H groups in total. The number of hydrogen-bond acceptors (Lipinski definition) is 2. The topological polar surface area (TPSA) is 66.4 Å². The van der Waals surface area contributed by atoms with Gasteiger partial charge in [0.15, 0.2) is 0 Å². The molecule has 4 heteroatoms. The summed E-state index contributed by atoms with van der Waals surface area (Å²) in [5.74, 6) is -1.21. The van der Waals surface area contributed by atoms with Gasteiger partial charge < -0.3 is 10.4 Å². The number of carbonyl (C=O) groups is 2. The van der Waals surface area contributed by atoms with Gasteiger partial charge in [-0.3, -0.25) is 4.79 Å². The second-order valence-corrected chi connectivity index (χ2v) is 4.44. The molecule has 2 rings (SSSR count). The Balaban J connectivity index is 1.86. The molecular formula is C15H15NO3. The molecule has 0 saturated heterocycles. The van der Waals surface area contributed by atoms with Gasteiger partial charge in [0.2, 0.25) is 5.91 Å². The summed E-state index contributed by atoms with van der Waals surface area (Å²) in [7, 11) is 0. The Morgan fingerprint density at radius 1 is 1.26 bits per heavy atom. The summed E-state index contributed by atoms with van der Waals surface area (Å²) >= 11 is 0. The molecule has 0 saturated carbocycles. The summed E-state index contributed by atoms with van der Waals surface area (Å²) in [4.78, 5) is 21.7. The molecule has 98 valence electrons. The second-order valence-electron chi connectivity index (χ2n) is 4.44. The van der Waals surface area contributed by atoms with Gasteiger partial charge in [-0.1, -0.05) is 36.4 Å². The monoisotopic (exact) mass is 257 g/mol. The molecule has 1 aliphatic rings. The average molecular weight is 257 g/mol. The molecule has 0 radical (unpaired) electrons. The zero-order chi connectivity index (χ0) is 13.7. The van der Waals surface area contributed by atoms with Crippen molar-refractivity contribution >= 4 is 11.9 Å². The molecule has 1 atom stereocenters. The number of rotatable bonds is 5. The van der Waals surface area contributed by atoms with E-state index in [-0.39, 0.29) is 0 Å². The van der Waals surface area contributed by atoms with Crippen LogP contribution >= 0.6 is 0 Å². The normalized spacial score (nSPS) is 17.7. The molecule has 1 aromatic carbocycles. The molecule has 0 fully saturated rings. The van der Waals surface area contributed by atoms with Crippen molar-refractivity contribution in [2.24, 2.45) is 5.92 Å². The van der Waals surface area contributed by atoms with Gasteiger partial charge in [-0.05, 0) is 18.4 Å². The highest BCUT2D eigenvalue weighted by atomic mass is 16.4. The summed E-state index contributed by atoms with van der Waals surface area (Å²) < 4.78 is 0. The molecule has 1 aliphatic carbocycles. The van der Waals surface area contributed by atoms with Gasteiger partial charge in [0.25, 0.3) is 0 Å². The fourth-order valence-corrected chi connectivity index (χ4v) is 1.98. The molecule has 0 heterocycles. The minimum Gasteiger partial charge on any atom is -0.478 e. The van der Waals surface area contributed by atoms with Crippen LogP contribution in [0.2, 0.25) is 0 Å². The predicted octanol–water partition coefficient (Wildman–Crippen LogP) is 1.89. The molecule has 0 aromatic heterocycles. The standard InChI is InChI=1S/C15H15NO3/c17-14(8-9-15(18)19)16-13-7-6-12(13)10-11-4-2-1-3-5-11/h1-5,7-9,12H,6,10H2,(H,16,17)(H,18,19). The van der Waals surface area contributed by atoms with Gasteiger partial charge in [0.1, 0.15) is 0 Å². The number of hydrogen-bond donors (Lipinski definition) is 2. The van der Waals surface area contributed by atoms with E-state index in [0.717, 1.165) is 30.7 Å². The number of amides is 1. The number of nitrogens with one attached hydrogen (secondary N) is 1. The zero-order valence-corrected chi connectivity index (χ0v) is 10.4. The SMILES string of the molecule is O=C(O)C=CC(=O)NC1=CCC1Cc1ccccc1. The lowest BCUT2D eigenvalue weighted by Crippen LogP contribution is -2.31. The van der Waals surface area contributed by atoms with E-state index in [1.807, 2.05) is 24.3 Å². The van der Waals surface area contributed by atoms with Gasteiger partial charge in [-0.25, -0.2) is 4.79 Å². The number of carbonyl (C=O) groups excluding carboxylic acids is 1. The highest BCUT2D eigenvalue weighted by Gasteiger charge is 2.22. The van der Waals surface area contributed by atoms with Gasteiger partial charge >= 0.3 is 5.97 Å². The van der Waals surface area contributed by atoms with Crippen LogP contribution in [0, 0.1) is 5.92 Å². The third kappa shape index (κ3) is 3.81. The van der Waals surface area contributed by atoms with Crippen molar-refractivity contribution in [3.05, 3.63) is 59.8 Å². The van der Waals surface area contributed by atoms with Crippen LogP contribution in [0.15, 0.2) is 54.3 Å². The van der Waals surface area contributed by atoms with Crippen molar-refractivity contribution < 1.29 is 14.7 Å². The highest BCUT2D eigenvalue weighted by molar-refractivity contribution is 5.94. The fourth-order valence-electron chi connectivity index (χ4n) is 1.98. The number of benzene rings is 1. The van der Waals surface area contributed by atoms with E-state index in [4.69, 9.17) is 5.11 Å². The van der Waals surface area contributed by atoms with Crippen molar-refractivity contribution in [1.82, 2.24) is 5.32 Å². The Morgan fingerprint density at radius 3 is 2.58 bits per heavy atom. The maximum atomic E-state index is 11.4. The summed E-state index contributed by atoms with van der Waals surface area (Å²) in [6.45, 7) is 0. The third-order valence-electron chi connectivity index (χ3n) is 3.03. The van der Waals surface area contributed by atoms with E-state index in [2.05, 4.69) is 17.4 Å². The van der Waals surface area contributed by atoms with Crippen molar-refractivity contribution in [2.75, 3.05) is 0 Å². The van der Waals surface area contributed by atoms with Crippen LogP contribution in [0.5, 0.6) is 0 Å². The number of carboxylic acid groups (broad SMARTS) is 1. The first-order chi connectivity index (χ1) is 9.15.